The summed E-state index contributed by atoms with van der Waals surface area (Å²) in [5, 5.41) is 12.8. The zero-order valence-corrected chi connectivity index (χ0v) is 15.9. The van der Waals surface area contributed by atoms with Crippen LogP contribution in [-0.4, -0.2) is 47.1 Å². The van der Waals surface area contributed by atoms with Crippen molar-refractivity contribution in [3.8, 4) is 0 Å². The molecule has 1 amide bonds. The molecule has 0 spiro atoms. The van der Waals surface area contributed by atoms with Crippen molar-refractivity contribution in [3.63, 3.8) is 0 Å². The summed E-state index contributed by atoms with van der Waals surface area (Å²) in [6.45, 7) is 2.56. The van der Waals surface area contributed by atoms with Gasteiger partial charge >= 0.3 is 11.8 Å². The Kier molecular flexibility index (Phi) is 3.41. The van der Waals surface area contributed by atoms with E-state index in [1.54, 1.807) is 11.2 Å². The van der Waals surface area contributed by atoms with Gasteiger partial charge in [-0.1, -0.05) is 6.07 Å². The first-order valence-electron chi connectivity index (χ1n) is 9.80. The van der Waals surface area contributed by atoms with Gasteiger partial charge < -0.3 is 14.3 Å². The number of aryl methyl sites for hydroxylation is 1. The summed E-state index contributed by atoms with van der Waals surface area (Å²) in [6.07, 6.45) is 6.35. The molecule has 0 bridgehead atoms. The molecule has 5 heterocycles. The third kappa shape index (κ3) is 2.57. The number of nitrogens with one attached hydrogen (secondary N) is 1. The molecule has 4 aromatic heterocycles. The molecule has 0 saturated heterocycles. The molecule has 1 unspecified atom stereocenters. The molecule has 1 aliphatic heterocycles. The molecule has 146 valence electrons. The topological polar surface area (TPSA) is 105 Å². The van der Waals surface area contributed by atoms with E-state index in [0.29, 0.717) is 24.8 Å². The highest BCUT2D eigenvalue weighted by Gasteiger charge is 2.39. The number of hydrogen-bond donors (Lipinski definition) is 1. The Morgan fingerprint density at radius 2 is 2.21 bits per heavy atom. The average Bonchev–Trinajstić information content (AvgIpc) is 3.13. The van der Waals surface area contributed by atoms with Crippen LogP contribution in [0.2, 0.25) is 0 Å². The first kappa shape index (κ1) is 16.5. The summed E-state index contributed by atoms with van der Waals surface area (Å²) in [5.74, 6) is 0.624. The Labute approximate surface area is 165 Å². The van der Waals surface area contributed by atoms with E-state index >= 15 is 0 Å². The van der Waals surface area contributed by atoms with E-state index in [0.717, 1.165) is 41.0 Å². The molecule has 1 fully saturated rings. The number of nitrogens with zero attached hydrogens (tertiary/aromatic N) is 6. The van der Waals surface area contributed by atoms with Crippen molar-refractivity contribution in [2.24, 2.45) is 0 Å². The van der Waals surface area contributed by atoms with Gasteiger partial charge in [-0.3, -0.25) is 4.79 Å². The summed E-state index contributed by atoms with van der Waals surface area (Å²) < 4.78 is 7.53. The fourth-order valence-electron chi connectivity index (χ4n) is 4.04. The van der Waals surface area contributed by atoms with Crippen LogP contribution < -0.4 is 0 Å². The van der Waals surface area contributed by atoms with E-state index < -0.39 is 6.04 Å². The van der Waals surface area contributed by atoms with E-state index in [2.05, 4.69) is 20.2 Å². The number of imidazole rings is 1. The minimum Gasteiger partial charge on any atom is -0.417 e. The summed E-state index contributed by atoms with van der Waals surface area (Å²) >= 11 is 0. The second-order valence-electron chi connectivity index (χ2n) is 7.73. The van der Waals surface area contributed by atoms with Crippen LogP contribution in [0, 0.1) is 6.92 Å². The molecule has 29 heavy (non-hydrogen) atoms. The van der Waals surface area contributed by atoms with E-state index in [1.165, 1.54) is 0 Å². The van der Waals surface area contributed by atoms with Crippen LogP contribution in [0.5, 0.6) is 0 Å². The molecule has 2 aliphatic rings. The smallest absolute Gasteiger partial charge is 0.312 e. The summed E-state index contributed by atoms with van der Waals surface area (Å²) in [4.78, 5) is 22.8. The molecular weight excluding hydrogens is 370 g/mol. The van der Waals surface area contributed by atoms with Gasteiger partial charge in [0.05, 0.1) is 23.2 Å². The molecule has 1 aliphatic carbocycles. The lowest BCUT2D eigenvalue weighted by Gasteiger charge is -2.32. The number of H-pyrrole nitrogens is 1. The number of rotatable bonds is 3. The minimum atomic E-state index is -0.409. The number of pyridine rings is 1. The van der Waals surface area contributed by atoms with E-state index in [-0.39, 0.29) is 11.8 Å². The number of carbonyl (C=O) groups is 1. The van der Waals surface area contributed by atoms with Gasteiger partial charge in [0.1, 0.15) is 6.04 Å². The SMILES string of the molecule is Cc1cccn2nc(C3c4nc[nH]c4CCN3C(=O)c3nnc(C4CC4)o3)cc12. The first-order chi connectivity index (χ1) is 14.2. The zero-order chi connectivity index (χ0) is 19.5. The largest absolute Gasteiger partial charge is 0.417 e. The average molecular weight is 389 g/mol. The fourth-order valence-corrected chi connectivity index (χ4v) is 4.04. The maximum atomic E-state index is 13.3. The van der Waals surface area contributed by atoms with Gasteiger partial charge in [0.2, 0.25) is 5.89 Å². The number of aromatic nitrogens is 6. The lowest BCUT2D eigenvalue weighted by molar-refractivity contribution is 0.0644. The Hall–Kier alpha value is -3.49. The van der Waals surface area contributed by atoms with E-state index in [9.17, 15) is 4.79 Å². The molecule has 4 aromatic rings. The molecular formula is C20H19N7O2. The van der Waals surface area contributed by atoms with Gasteiger partial charge in [0.25, 0.3) is 0 Å². The van der Waals surface area contributed by atoms with Crippen molar-refractivity contribution in [1.82, 2.24) is 34.7 Å². The van der Waals surface area contributed by atoms with E-state index in [1.807, 2.05) is 35.8 Å². The predicted molar refractivity (Wildman–Crippen MR) is 101 cm³/mol. The van der Waals surface area contributed by atoms with Crippen molar-refractivity contribution in [2.45, 2.75) is 38.1 Å². The predicted octanol–water partition coefficient (Wildman–Crippen LogP) is 2.41. The summed E-state index contributed by atoms with van der Waals surface area (Å²) in [7, 11) is 0. The van der Waals surface area contributed by atoms with Crippen LogP contribution in [0.3, 0.4) is 0 Å². The quantitative estimate of drug-likeness (QED) is 0.577. The maximum Gasteiger partial charge on any atom is 0.312 e. The molecule has 0 radical (unpaired) electrons. The van der Waals surface area contributed by atoms with Gasteiger partial charge in [0.15, 0.2) is 0 Å². The highest BCUT2D eigenvalue weighted by molar-refractivity contribution is 5.90. The van der Waals surface area contributed by atoms with Gasteiger partial charge in [-0.2, -0.15) is 5.10 Å². The van der Waals surface area contributed by atoms with Crippen molar-refractivity contribution in [2.75, 3.05) is 6.54 Å². The van der Waals surface area contributed by atoms with E-state index in [4.69, 9.17) is 9.52 Å². The maximum absolute atomic E-state index is 13.3. The van der Waals surface area contributed by atoms with Crippen LogP contribution in [0.25, 0.3) is 5.52 Å². The molecule has 0 aromatic carbocycles. The van der Waals surface area contributed by atoms with Crippen molar-refractivity contribution in [1.29, 1.82) is 0 Å². The van der Waals surface area contributed by atoms with Crippen LogP contribution in [-0.2, 0) is 6.42 Å². The standard InChI is InChI=1S/C20H19N7O2/c1-11-3-2-7-27-15(11)9-14(25-27)17-16-13(21-10-22-16)6-8-26(17)20(28)19-24-23-18(29-19)12-4-5-12/h2-3,7,9-10,12,17H,4-6,8H2,1H3,(H,21,22). The monoisotopic (exact) mass is 389 g/mol. The Morgan fingerprint density at radius 3 is 3.03 bits per heavy atom. The molecule has 9 heteroatoms. The number of fused-ring (bicyclic) bond motifs is 2. The molecule has 1 N–H and O–H groups in total. The van der Waals surface area contributed by atoms with Gasteiger partial charge in [-0.25, -0.2) is 9.50 Å². The Bertz CT molecular complexity index is 1230. The van der Waals surface area contributed by atoms with Crippen molar-refractivity contribution < 1.29 is 9.21 Å². The highest BCUT2D eigenvalue weighted by Crippen LogP contribution is 2.39. The van der Waals surface area contributed by atoms with Gasteiger partial charge in [-0.15, -0.1) is 10.2 Å². The second kappa shape index (κ2) is 6.00. The fraction of sp³-hybridized carbons (Fsp3) is 0.350. The summed E-state index contributed by atoms with van der Waals surface area (Å²) in [6, 6.07) is 5.62. The number of amides is 1. The lowest BCUT2D eigenvalue weighted by atomic mass is 9.99. The first-order valence-corrected chi connectivity index (χ1v) is 9.80. The van der Waals surface area contributed by atoms with Gasteiger partial charge in [-0.05, 0) is 37.5 Å². The molecule has 9 nitrogen and oxygen atoms in total. The minimum absolute atomic E-state index is 0.0378. The third-order valence-corrected chi connectivity index (χ3v) is 5.75. The summed E-state index contributed by atoms with van der Waals surface area (Å²) in [5.41, 5.74) is 4.73. The van der Waals surface area contributed by atoms with Gasteiger partial charge in [0, 0.05) is 30.8 Å². The van der Waals surface area contributed by atoms with Crippen LogP contribution >= 0.6 is 0 Å². The highest BCUT2D eigenvalue weighted by atomic mass is 16.4. The second-order valence-corrected chi connectivity index (χ2v) is 7.73. The Morgan fingerprint density at radius 1 is 1.31 bits per heavy atom. The number of carbonyl (C=O) groups excluding carboxylic acids is 1. The lowest BCUT2D eigenvalue weighted by Crippen LogP contribution is -2.41. The molecule has 1 atom stereocenters. The third-order valence-electron chi connectivity index (χ3n) is 5.75. The van der Waals surface area contributed by atoms with Crippen LogP contribution in [0.4, 0.5) is 0 Å². The molecule has 1 saturated carbocycles. The Balaban J connectivity index is 1.44. The zero-order valence-electron chi connectivity index (χ0n) is 15.9. The van der Waals surface area contributed by atoms with Crippen LogP contribution in [0.1, 0.15) is 64.0 Å². The van der Waals surface area contributed by atoms with Crippen LogP contribution in [0.15, 0.2) is 35.1 Å². The normalized spacial score (nSPS) is 18.9. The number of aromatic amines is 1. The van der Waals surface area contributed by atoms with Crippen molar-refractivity contribution >= 4 is 11.4 Å². The van der Waals surface area contributed by atoms with Crippen molar-refractivity contribution in [3.05, 3.63) is 65.1 Å². The molecule has 6 rings (SSSR count). The number of hydrogen-bond acceptors (Lipinski definition) is 6.